The van der Waals surface area contributed by atoms with E-state index in [1.54, 1.807) is 13.8 Å². The van der Waals surface area contributed by atoms with Crippen molar-refractivity contribution in [3.05, 3.63) is 45.5 Å². The zero-order chi connectivity index (χ0) is 21.6. The average Bonchev–Trinajstić information content (AvgIpc) is 2.66. The van der Waals surface area contributed by atoms with Gasteiger partial charge in [0.1, 0.15) is 6.04 Å². The molecule has 160 valence electrons. The zero-order valence-electron chi connectivity index (χ0n) is 17.2. The maximum atomic E-state index is 12.8. The molecule has 0 bridgehead atoms. The van der Waals surface area contributed by atoms with E-state index in [0.717, 1.165) is 36.2 Å². The van der Waals surface area contributed by atoms with Gasteiger partial charge in [-0.1, -0.05) is 24.6 Å². The van der Waals surface area contributed by atoms with Crippen LogP contribution in [-0.2, 0) is 14.8 Å². The lowest BCUT2D eigenvalue weighted by atomic mass is 9.97. The number of nitro groups is 1. The van der Waals surface area contributed by atoms with Crippen molar-refractivity contribution in [2.75, 3.05) is 17.1 Å². The Bertz CT molecular complexity index is 895. The molecule has 1 aliphatic carbocycles. The van der Waals surface area contributed by atoms with Gasteiger partial charge in [-0.25, -0.2) is 8.42 Å². The van der Waals surface area contributed by atoms with Crippen molar-refractivity contribution in [1.29, 1.82) is 0 Å². The van der Waals surface area contributed by atoms with Gasteiger partial charge in [-0.05, 0) is 51.0 Å². The second-order valence-corrected chi connectivity index (χ2v) is 9.22. The Kier molecular flexibility index (Phi) is 7.78. The summed E-state index contributed by atoms with van der Waals surface area (Å²) in [4.78, 5) is 23.4. The molecule has 29 heavy (non-hydrogen) atoms. The normalized spacial score (nSPS) is 15.3. The Hall–Kier alpha value is -2.42. The second-order valence-electron chi connectivity index (χ2n) is 7.36. The molecule has 1 aromatic rings. The Balaban J connectivity index is 2.25. The molecule has 1 aromatic carbocycles. The number of allylic oxidation sites excluding steroid dienone is 1. The summed E-state index contributed by atoms with van der Waals surface area (Å²) in [5.74, 6) is -0.403. The van der Waals surface area contributed by atoms with Crippen molar-refractivity contribution in [2.24, 2.45) is 0 Å². The van der Waals surface area contributed by atoms with Gasteiger partial charge in [-0.2, -0.15) is 0 Å². The minimum atomic E-state index is -3.85. The van der Waals surface area contributed by atoms with Crippen LogP contribution in [0.2, 0.25) is 0 Å². The van der Waals surface area contributed by atoms with Crippen molar-refractivity contribution in [3.63, 3.8) is 0 Å². The molecular weight excluding hydrogens is 394 g/mol. The van der Waals surface area contributed by atoms with Crippen molar-refractivity contribution >= 4 is 27.3 Å². The third-order valence-corrected chi connectivity index (χ3v) is 6.27. The van der Waals surface area contributed by atoms with E-state index in [0.29, 0.717) is 12.1 Å². The van der Waals surface area contributed by atoms with E-state index in [1.165, 1.54) is 30.2 Å². The highest BCUT2D eigenvalue weighted by Gasteiger charge is 2.33. The SMILES string of the molecule is CC[C@H](C(=O)NCCC1=CCCCC1)N(c1cc([N+](=O)[O-])ccc1C)S(C)(=O)=O. The minimum absolute atomic E-state index is 0.152. The zero-order valence-corrected chi connectivity index (χ0v) is 18.0. The predicted molar refractivity (Wildman–Crippen MR) is 113 cm³/mol. The lowest BCUT2D eigenvalue weighted by Gasteiger charge is -2.31. The Morgan fingerprint density at radius 3 is 2.62 bits per heavy atom. The molecule has 0 aliphatic heterocycles. The number of aryl methyl sites for hydroxylation is 1. The third-order valence-electron chi connectivity index (χ3n) is 5.10. The van der Waals surface area contributed by atoms with Crippen molar-refractivity contribution in [1.82, 2.24) is 5.32 Å². The number of rotatable bonds is 9. The van der Waals surface area contributed by atoms with E-state index in [4.69, 9.17) is 0 Å². The topological polar surface area (TPSA) is 110 Å². The first-order valence-corrected chi connectivity index (χ1v) is 11.7. The van der Waals surface area contributed by atoms with Crippen LogP contribution >= 0.6 is 0 Å². The molecule has 0 fully saturated rings. The molecule has 0 unspecified atom stereocenters. The van der Waals surface area contributed by atoms with E-state index in [2.05, 4.69) is 11.4 Å². The molecule has 1 amide bonds. The summed E-state index contributed by atoms with van der Waals surface area (Å²) in [7, 11) is -3.85. The van der Waals surface area contributed by atoms with Gasteiger partial charge in [0.15, 0.2) is 0 Å². The number of amides is 1. The highest BCUT2D eigenvalue weighted by molar-refractivity contribution is 7.92. The Morgan fingerprint density at radius 2 is 2.07 bits per heavy atom. The predicted octanol–water partition coefficient (Wildman–Crippen LogP) is 3.45. The van der Waals surface area contributed by atoms with Gasteiger partial charge in [-0.3, -0.25) is 19.2 Å². The third kappa shape index (κ3) is 6.03. The summed E-state index contributed by atoms with van der Waals surface area (Å²) in [6.45, 7) is 3.82. The molecule has 1 N–H and O–H groups in total. The largest absolute Gasteiger partial charge is 0.354 e. The Morgan fingerprint density at radius 1 is 1.34 bits per heavy atom. The first-order valence-electron chi connectivity index (χ1n) is 9.85. The molecular formula is C20H29N3O5S. The number of benzene rings is 1. The fraction of sp³-hybridized carbons (Fsp3) is 0.550. The highest BCUT2D eigenvalue weighted by Crippen LogP contribution is 2.30. The second kappa shape index (κ2) is 9.87. The Labute approximate surface area is 172 Å². The molecule has 0 aromatic heterocycles. The summed E-state index contributed by atoms with van der Waals surface area (Å²) in [6.07, 6.45) is 8.66. The first kappa shape index (κ1) is 22.9. The summed E-state index contributed by atoms with van der Waals surface area (Å²) < 4.78 is 26.1. The fourth-order valence-corrected chi connectivity index (χ4v) is 4.84. The van der Waals surface area contributed by atoms with Crippen LogP contribution in [0, 0.1) is 17.0 Å². The number of nitro benzene ring substituents is 1. The van der Waals surface area contributed by atoms with E-state index < -0.39 is 26.9 Å². The standard InChI is InChI=1S/C20H29N3O5S/c1-4-18(20(24)21-13-12-16-8-6-5-7-9-16)22(29(3,27)28)19-14-17(23(25)26)11-10-15(19)2/h8,10-11,14,18H,4-7,9,12-13H2,1-3H3,(H,21,24)/t18-/m1/s1. The minimum Gasteiger partial charge on any atom is -0.354 e. The molecule has 0 spiro atoms. The van der Waals surface area contributed by atoms with Crippen LogP contribution in [0.4, 0.5) is 11.4 Å². The monoisotopic (exact) mass is 423 g/mol. The maximum absolute atomic E-state index is 12.8. The number of sulfonamides is 1. The number of non-ortho nitro benzene ring substituents is 1. The van der Waals surface area contributed by atoms with Gasteiger partial charge in [0.2, 0.25) is 15.9 Å². The number of carbonyl (C=O) groups is 1. The molecule has 2 rings (SSSR count). The van der Waals surface area contributed by atoms with Crippen LogP contribution in [0.1, 0.15) is 51.0 Å². The molecule has 0 saturated heterocycles. The number of nitrogens with zero attached hydrogens (tertiary/aromatic N) is 2. The van der Waals surface area contributed by atoms with Crippen LogP contribution < -0.4 is 9.62 Å². The van der Waals surface area contributed by atoms with Crippen molar-refractivity contribution < 1.29 is 18.1 Å². The smallest absolute Gasteiger partial charge is 0.271 e. The number of anilines is 1. The summed E-state index contributed by atoms with van der Waals surface area (Å²) >= 11 is 0. The van der Waals surface area contributed by atoms with Gasteiger partial charge in [0.25, 0.3) is 5.69 Å². The summed E-state index contributed by atoms with van der Waals surface area (Å²) in [5.41, 5.74) is 1.79. The van der Waals surface area contributed by atoms with Crippen LogP contribution in [0.25, 0.3) is 0 Å². The maximum Gasteiger partial charge on any atom is 0.271 e. The number of nitrogens with one attached hydrogen (secondary N) is 1. The van der Waals surface area contributed by atoms with Crippen LogP contribution in [0.15, 0.2) is 29.8 Å². The molecule has 9 heteroatoms. The van der Waals surface area contributed by atoms with Crippen LogP contribution in [-0.4, -0.2) is 38.1 Å². The summed E-state index contributed by atoms with van der Waals surface area (Å²) in [6, 6.07) is 3.04. The van der Waals surface area contributed by atoms with Crippen LogP contribution in [0.3, 0.4) is 0 Å². The van der Waals surface area contributed by atoms with Gasteiger partial charge < -0.3 is 5.32 Å². The molecule has 1 atom stereocenters. The fourth-order valence-electron chi connectivity index (χ4n) is 3.58. The molecule has 0 saturated carbocycles. The molecule has 0 radical (unpaired) electrons. The van der Waals surface area contributed by atoms with Crippen molar-refractivity contribution in [2.45, 2.75) is 58.4 Å². The van der Waals surface area contributed by atoms with Gasteiger partial charge in [0, 0.05) is 18.7 Å². The quantitative estimate of drug-likeness (QED) is 0.372. The average molecular weight is 424 g/mol. The number of carbonyl (C=O) groups excluding carboxylic acids is 1. The lowest BCUT2D eigenvalue weighted by molar-refractivity contribution is -0.384. The lowest BCUT2D eigenvalue weighted by Crippen LogP contribution is -2.49. The number of hydrogen-bond donors (Lipinski definition) is 1. The van der Waals surface area contributed by atoms with Crippen LogP contribution in [0.5, 0.6) is 0 Å². The molecule has 8 nitrogen and oxygen atoms in total. The van der Waals surface area contributed by atoms with Gasteiger partial charge in [-0.15, -0.1) is 0 Å². The highest BCUT2D eigenvalue weighted by atomic mass is 32.2. The first-order chi connectivity index (χ1) is 13.6. The van der Waals surface area contributed by atoms with Gasteiger partial charge in [0.05, 0.1) is 16.9 Å². The van der Waals surface area contributed by atoms with E-state index in [1.807, 2.05) is 0 Å². The van der Waals surface area contributed by atoms with E-state index in [-0.39, 0.29) is 17.8 Å². The molecule has 1 aliphatic rings. The number of hydrogen-bond acceptors (Lipinski definition) is 5. The molecule has 0 heterocycles. The van der Waals surface area contributed by atoms with E-state index in [9.17, 15) is 23.3 Å². The van der Waals surface area contributed by atoms with E-state index >= 15 is 0 Å². The summed E-state index contributed by atoms with van der Waals surface area (Å²) in [5, 5.41) is 14.0. The van der Waals surface area contributed by atoms with Gasteiger partial charge >= 0.3 is 0 Å². The van der Waals surface area contributed by atoms with Crippen molar-refractivity contribution in [3.8, 4) is 0 Å².